The summed E-state index contributed by atoms with van der Waals surface area (Å²) in [6.45, 7) is 3.18. The molecule has 3 rings (SSSR count). The van der Waals surface area contributed by atoms with Crippen molar-refractivity contribution in [2.45, 2.75) is 38.8 Å². The zero-order valence-corrected chi connectivity index (χ0v) is 13.3. The number of fused-ring (bicyclic) bond motifs is 1. The van der Waals surface area contributed by atoms with Crippen LogP contribution in [0.4, 0.5) is 0 Å². The van der Waals surface area contributed by atoms with Crippen molar-refractivity contribution in [2.24, 2.45) is 5.73 Å². The molecule has 1 unspecified atom stereocenters. The van der Waals surface area contributed by atoms with E-state index in [1.807, 2.05) is 11.3 Å². The van der Waals surface area contributed by atoms with Gasteiger partial charge in [-0.05, 0) is 59.9 Å². The molecule has 0 bridgehead atoms. The lowest BCUT2D eigenvalue weighted by Gasteiger charge is -2.09. The maximum absolute atomic E-state index is 6.05. The van der Waals surface area contributed by atoms with E-state index in [9.17, 15) is 0 Å². The molecule has 0 aliphatic heterocycles. The molecule has 0 radical (unpaired) electrons. The zero-order valence-electron chi connectivity index (χ0n) is 12.5. The fourth-order valence-electron chi connectivity index (χ4n) is 2.70. The molecule has 0 saturated carbocycles. The average Bonchev–Trinajstić information content (AvgIpc) is 3.14. The van der Waals surface area contributed by atoms with Gasteiger partial charge in [-0.2, -0.15) is 0 Å². The molecule has 0 amide bonds. The Kier molecular flexibility index (Phi) is 4.42. The molecule has 0 saturated heterocycles. The van der Waals surface area contributed by atoms with Gasteiger partial charge in [0.1, 0.15) is 0 Å². The summed E-state index contributed by atoms with van der Waals surface area (Å²) in [6.07, 6.45) is 5.29. The highest BCUT2D eigenvalue weighted by Gasteiger charge is 2.05. The van der Waals surface area contributed by atoms with Crippen molar-refractivity contribution in [3.63, 3.8) is 0 Å². The number of nitrogens with two attached hydrogens (primary N) is 1. The lowest BCUT2D eigenvalue weighted by atomic mass is 10.0. The third kappa shape index (κ3) is 3.36. The van der Waals surface area contributed by atoms with Gasteiger partial charge in [0, 0.05) is 29.2 Å². The Morgan fingerprint density at radius 1 is 1.24 bits per heavy atom. The van der Waals surface area contributed by atoms with Gasteiger partial charge < -0.3 is 10.3 Å². The minimum Gasteiger partial charge on any atom is -0.347 e. The third-order valence-corrected chi connectivity index (χ3v) is 4.97. The highest BCUT2D eigenvalue weighted by molar-refractivity contribution is 7.09. The molecular formula is C18H22N2S. The fourth-order valence-corrected chi connectivity index (χ4v) is 3.40. The quantitative estimate of drug-likeness (QED) is 0.725. The standard InChI is InChI=1S/C18H22N2S/c1-2-16(19)13-14-5-6-18-15(12-14)7-9-20(18)10-8-17-4-3-11-21-17/h3-7,9,11-12,16H,2,8,10,13,19H2,1H3. The van der Waals surface area contributed by atoms with Crippen molar-refractivity contribution >= 4 is 22.2 Å². The van der Waals surface area contributed by atoms with Gasteiger partial charge in [-0.25, -0.2) is 0 Å². The lowest BCUT2D eigenvalue weighted by molar-refractivity contribution is 0.647. The largest absolute Gasteiger partial charge is 0.347 e. The van der Waals surface area contributed by atoms with Crippen LogP contribution in [0.25, 0.3) is 10.9 Å². The number of aryl methyl sites for hydroxylation is 2. The monoisotopic (exact) mass is 298 g/mol. The third-order valence-electron chi connectivity index (χ3n) is 4.04. The Balaban J connectivity index is 1.76. The maximum atomic E-state index is 6.05. The smallest absolute Gasteiger partial charge is 0.0480 e. The molecule has 0 spiro atoms. The average molecular weight is 298 g/mol. The van der Waals surface area contributed by atoms with Gasteiger partial charge in [0.25, 0.3) is 0 Å². The second-order valence-corrected chi connectivity index (χ2v) is 6.64. The number of thiophene rings is 1. The van der Waals surface area contributed by atoms with Crippen LogP contribution in [-0.4, -0.2) is 10.6 Å². The Morgan fingerprint density at radius 3 is 2.90 bits per heavy atom. The summed E-state index contributed by atoms with van der Waals surface area (Å²) < 4.78 is 2.35. The van der Waals surface area contributed by atoms with E-state index in [1.54, 1.807) is 0 Å². The van der Waals surface area contributed by atoms with Gasteiger partial charge in [-0.15, -0.1) is 11.3 Å². The van der Waals surface area contributed by atoms with E-state index in [4.69, 9.17) is 5.73 Å². The van der Waals surface area contributed by atoms with Crippen molar-refractivity contribution in [1.29, 1.82) is 0 Å². The van der Waals surface area contributed by atoms with Gasteiger partial charge in [0.05, 0.1) is 0 Å². The maximum Gasteiger partial charge on any atom is 0.0480 e. The molecule has 21 heavy (non-hydrogen) atoms. The number of aromatic nitrogens is 1. The summed E-state index contributed by atoms with van der Waals surface area (Å²) in [7, 11) is 0. The first-order chi connectivity index (χ1) is 10.3. The van der Waals surface area contributed by atoms with Crippen LogP contribution in [-0.2, 0) is 19.4 Å². The second-order valence-electron chi connectivity index (χ2n) is 5.60. The number of nitrogens with zero attached hydrogens (tertiary/aromatic N) is 1. The van der Waals surface area contributed by atoms with E-state index in [-0.39, 0.29) is 6.04 Å². The Bertz CT molecular complexity index is 697. The number of hydrogen-bond donors (Lipinski definition) is 1. The predicted octanol–water partition coefficient (Wildman–Crippen LogP) is 4.23. The second kappa shape index (κ2) is 6.46. The molecule has 0 fully saturated rings. The predicted molar refractivity (Wildman–Crippen MR) is 91.9 cm³/mol. The van der Waals surface area contributed by atoms with E-state index in [2.05, 4.69) is 59.5 Å². The van der Waals surface area contributed by atoms with Crippen LogP contribution in [0.3, 0.4) is 0 Å². The highest BCUT2D eigenvalue weighted by atomic mass is 32.1. The van der Waals surface area contributed by atoms with Crippen molar-refractivity contribution < 1.29 is 0 Å². The molecule has 110 valence electrons. The molecule has 1 atom stereocenters. The van der Waals surface area contributed by atoms with Crippen LogP contribution < -0.4 is 5.73 Å². The van der Waals surface area contributed by atoms with E-state index < -0.39 is 0 Å². The van der Waals surface area contributed by atoms with Crippen molar-refractivity contribution in [1.82, 2.24) is 4.57 Å². The first kappa shape index (κ1) is 14.4. The number of benzene rings is 1. The Labute approximate surface area is 130 Å². The van der Waals surface area contributed by atoms with Crippen molar-refractivity contribution in [2.75, 3.05) is 0 Å². The summed E-state index contributed by atoms with van der Waals surface area (Å²) in [5.41, 5.74) is 8.71. The van der Waals surface area contributed by atoms with E-state index in [0.29, 0.717) is 0 Å². The van der Waals surface area contributed by atoms with Crippen molar-refractivity contribution in [3.8, 4) is 0 Å². The Hall–Kier alpha value is -1.58. The van der Waals surface area contributed by atoms with Gasteiger partial charge in [0.15, 0.2) is 0 Å². The molecule has 3 aromatic rings. The van der Waals surface area contributed by atoms with Crippen LogP contribution in [0.2, 0.25) is 0 Å². The molecule has 2 aromatic heterocycles. The van der Waals surface area contributed by atoms with Crippen LogP contribution >= 0.6 is 11.3 Å². The number of hydrogen-bond acceptors (Lipinski definition) is 2. The normalized spacial score (nSPS) is 12.9. The fraction of sp³-hybridized carbons (Fsp3) is 0.333. The van der Waals surface area contributed by atoms with E-state index >= 15 is 0 Å². The lowest BCUT2D eigenvalue weighted by Crippen LogP contribution is -2.21. The summed E-state index contributed by atoms with van der Waals surface area (Å²) in [5, 5.41) is 3.47. The van der Waals surface area contributed by atoms with Crippen LogP contribution in [0.1, 0.15) is 23.8 Å². The number of rotatable bonds is 6. The summed E-state index contributed by atoms with van der Waals surface area (Å²) in [4.78, 5) is 1.45. The molecule has 0 aliphatic carbocycles. The molecule has 1 aromatic carbocycles. The molecule has 3 heteroatoms. The first-order valence-electron chi connectivity index (χ1n) is 7.62. The zero-order chi connectivity index (χ0) is 14.7. The van der Waals surface area contributed by atoms with Crippen molar-refractivity contribution in [3.05, 3.63) is 58.4 Å². The van der Waals surface area contributed by atoms with Gasteiger partial charge >= 0.3 is 0 Å². The van der Waals surface area contributed by atoms with E-state index in [0.717, 1.165) is 25.8 Å². The highest BCUT2D eigenvalue weighted by Crippen LogP contribution is 2.20. The molecule has 2 N–H and O–H groups in total. The SMILES string of the molecule is CCC(N)Cc1ccc2c(ccn2CCc2cccs2)c1. The topological polar surface area (TPSA) is 30.9 Å². The first-order valence-corrected chi connectivity index (χ1v) is 8.50. The molecule has 2 heterocycles. The minimum absolute atomic E-state index is 0.267. The molecular weight excluding hydrogens is 276 g/mol. The van der Waals surface area contributed by atoms with Gasteiger partial charge in [0.2, 0.25) is 0 Å². The molecule has 2 nitrogen and oxygen atoms in total. The summed E-state index contributed by atoms with van der Waals surface area (Å²) >= 11 is 1.83. The van der Waals surface area contributed by atoms with Crippen LogP contribution in [0, 0.1) is 0 Å². The van der Waals surface area contributed by atoms with Gasteiger partial charge in [-0.1, -0.05) is 19.1 Å². The van der Waals surface area contributed by atoms with Crippen LogP contribution in [0.15, 0.2) is 48.0 Å². The Morgan fingerprint density at radius 2 is 2.14 bits per heavy atom. The summed E-state index contributed by atoms with van der Waals surface area (Å²) in [6, 6.07) is 13.6. The van der Waals surface area contributed by atoms with Gasteiger partial charge in [-0.3, -0.25) is 0 Å². The molecule has 0 aliphatic rings. The summed E-state index contributed by atoms with van der Waals surface area (Å²) in [5.74, 6) is 0. The minimum atomic E-state index is 0.267. The van der Waals surface area contributed by atoms with Crippen LogP contribution in [0.5, 0.6) is 0 Å². The van der Waals surface area contributed by atoms with E-state index in [1.165, 1.54) is 21.3 Å².